The number of carbonyl (C=O) groups excluding carboxylic acids is 5. The number of hydrogen-bond acceptors (Lipinski definition) is 11. The predicted octanol–water partition coefficient (Wildman–Crippen LogP) is 12.6. The second-order valence-electron chi connectivity index (χ2n) is 17.9. The molecule has 372 valence electrons. The Morgan fingerprint density at radius 2 is 0.708 bits per heavy atom. The van der Waals surface area contributed by atoms with Gasteiger partial charge in [-0.25, -0.2) is 0 Å². The highest BCUT2D eigenvalue weighted by Gasteiger charge is 2.20. The molecule has 1 aliphatic heterocycles. The highest BCUT2D eigenvalue weighted by molar-refractivity contribution is 5.71. The number of esters is 5. The van der Waals surface area contributed by atoms with Gasteiger partial charge in [0.2, 0.25) is 0 Å². The van der Waals surface area contributed by atoms with Crippen molar-refractivity contribution in [2.75, 3.05) is 39.5 Å². The van der Waals surface area contributed by atoms with E-state index in [2.05, 4.69) is 31.2 Å². The van der Waals surface area contributed by atoms with E-state index in [0.29, 0.717) is 44.9 Å². The summed E-state index contributed by atoms with van der Waals surface area (Å²) in [5, 5.41) is 0. The molecule has 0 amide bonds. The van der Waals surface area contributed by atoms with Crippen molar-refractivity contribution >= 4 is 29.8 Å². The van der Waals surface area contributed by atoms with Gasteiger partial charge >= 0.3 is 29.8 Å². The highest BCUT2D eigenvalue weighted by Crippen LogP contribution is 2.19. The lowest BCUT2D eigenvalue weighted by Gasteiger charge is -2.18. The van der Waals surface area contributed by atoms with Crippen molar-refractivity contribution in [2.24, 2.45) is 5.92 Å². The Kier molecular flexibility index (Phi) is 39.1. The summed E-state index contributed by atoms with van der Waals surface area (Å²) in [6, 6.07) is 0. The standard InChI is InChI=1S/C54H91NO10/c1-5-9-13-21-32-48(33-22-14-10-6-2)64-53(59)38-27-19-17-25-36-50(56)61-44-47(46-63-52(58)40-31-43-55-41-29-30-42-55)45-62-51(57)37-26-18-20-28-39-54(60)65-49(34-23-15-11-7-3)35-24-16-12-8-4/h5-8,47-49H,1-4,9-46H2. The van der Waals surface area contributed by atoms with E-state index < -0.39 is 5.92 Å². The van der Waals surface area contributed by atoms with E-state index >= 15 is 0 Å². The van der Waals surface area contributed by atoms with Gasteiger partial charge in [-0.2, -0.15) is 0 Å². The molecule has 0 aromatic rings. The molecule has 0 unspecified atom stereocenters. The first-order valence-electron chi connectivity index (χ1n) is 25.7. The van der Waals surface area contributed by atoms with Gasteiger partial charge in [0.1, 0.15) is 32.0 Å². The average Bonchev–Trinajstić information content (AvgIpc) is 3.82. The molecule has 1 heterocycles. The number of rotatable bonds is 46. The van der Waals surface area contributed by atoms with E-state index in [0.717, 1.165) is 154 Å². The van der Waals surface area contributed by atoms with E-state index in [9.17, 15) is 24.0 Å². The summed E-state index contributed by atoms with van der Waals surface area (Å²) in [5.74, 6) is -1.83. The van der Waals surface area contributed by atoms with E-state index in [1.54, 1.807) is 0 Å². The topological polar surface area (TPSA) is 135 Å². The molecule has 0 aliphatic carbocycles. The van der Waals surface area contributed by atoms with Crippen LogP contribution in [0.1, 0.15) is 205 Å². The van der Waals surface area contributed by atoms with Crippen LogP contribution in [0.2, 0.25) is 0 Å². The smallest absolute Gasteiger partial charge is 0.306 e. The van der Waals surface area contributed by atoms with E-state index in [4.69, 9.17) is 23.7 Å². The summed E-state index contributed by atoms with van der Waals surface area (Å²) >= 11 is 0. The molecule has 0 spiro atoms. The number of likely N-dealkylation sites (tertiary alicyclic amines) is 1. The van der Waals surface area contributed by atoms with Crippen molar-refractivity contribution < 1.29 is 47.7 Å². The lowest BCUT2D eigenvalue weighted by atomic mass is 10.0. The minimum Gasteiger partial charge on any atom is -0.465 e. The number of ether oxygens (including phenoxy) is 5. The minimum atomic E-state index is -0.483. The zero-order valence-corrected chi connectivity index (χ0v) is 40.8. The number of allylic oxidation sites excluding steroid dienone is 4. The average molecular weight is 914 g/mol. The fourth-order valence-electron chi connectivity index (χ4n) is 7.89. The molecule has 0 aromatic carbocycles. The minimum absolute atomic E-state index is 0.00961. The largest absolute Gasteiger partial charge is 0.465 e. The van der Waals surface area contributed by atoms with Gasteiger partial charge in [-0.05, 0) is 167 Å². The third kappa shape index (κ3) is 37.1. The molecule has 11 heteroatoms. The Labute approximate surface area is 394 Å². The van der Waals surface area contributed by atoms with Crippen molar-refractivity contribution in [3.63, 3.8) is 0 Å². The van der Waals surface area contributed by atoms with Crippen LogP contribution in [0.3, 0.4) is 0 Å². The lowest BCUT2D eigenvalue weighted by molar-refractivity contribution is -0.154. The van der Waals surface area contributed by atoms with E-state index in [1.165, 1.54) is 12.8 Å². The van der Waals surface area contributed by atoms with Crippen LogP contribution in [0, 0.1) is 5.92 Å². The number of nitrogens with zero attached hydrogens (tertiary/aromatic N) is 1. The summed E-state index contributed by atoms with van der Waals surface area (Å²) in [6.07, 6.45) is 33.6. The van der Waals surface area contributed by atoms with Crippen LogP contribution in [0.25, 0.3) is 0 Å². The fourth-order valence-corrected chi connectivity index (χ4v) is 7.89. The maximum atomic E-state index is 12.7. The quantitative estimate of drug-likeness (QED) is 0.0250. The molecule has 0 bridgehead atoms. The van der Waals surface area contributed by atoms with E-state index in [1.807, 2.05) is 24.3 Å². The molecule has 1 saturated heterocycles. The third-order valence-corrected chi connectivity index (χ3v) is 11.9. The monoisotopic (exact) mass is 914 g/mol. The maximum Gasteiger partial charge on any atom is 0.306 e. The lowest BCUT2D eigenvalue weighted by Crippen LogP contribution is -2.27. The first kappa shape index (κ1) is 59.3. The molecule has 0 saturated carbocycles. The summed E-state index contributed by atoms with van der Waals surface area (Å²) in [6.45, 7) is 18.1. The number of hydrogen-bond donors (Lipinski definition) is 0. The van der Waals surface area contributed by atoms with Gasteiger partial charge in [0, 0.05) is 32.1 Å². The zero-order chi connectivity index (χ0) is 47.4. The van der Waals surface area contributed by atoms with Crippen molar-refractivity contribution in [3.8, 4) is 0 Å². The van der Waals surface area contributed by atoms with Gasteiger partial charge in [-0.3, -0.25) is 24.0 Å². The Hall–Kier alpha value is -3.73. The second-order valence-corrected chi connectivity index (χ2v) is 17.9. The molecule has 1 aliphatic rings. The molecule has 0 N–H and O–H groups in total. The third-order valence-electron chi connectivity index (χ3n) is 11.9. The first-order chi connectivity index (χ1) is 31.7. The van der Waals surface area contributed by atoms with Gasteiger partial charge in [-0.1, -0.05) is 50.0 Å². The molecular formula is C54H91NO10. The highest BCUT2D eigenvalue weighted by atomic mass is 16.6. The fraction of sp³-hybridized carbons (Fsp3) is 0.759. The van der Waals surface area contributed by atoms with Crippen molar-refractivity contribution in [1.29, 1.82) is 0 Å². The number of carbonyl (C=O) groups is 5. The van der Waals surface area contributed by atoms with Crippen LogP contribution in [-0.4, -0.2) is 86.4 Å². The van der Waals surface area contributed by atoms with Crippen LogP contribution < -0.4 is 0 Å². The molecular weight excluding hydrogens is 823 g/mol. The molecule has 1 fully saturated rings. The van der Waals surface area contributed by atoms with Gasteiger partial charge in [0.25, 0.3) is 0 Å². The first-order valence-corrected chi connectivity index (χ1v) is 25.7. The van der Waals surface area contributed by atoms with Crippen molar-refractivity contribution in [3.05, 3.63) is 50.6 Å². The Morgan fingerprint density at radius 1 is 0.400 bits per heavy atom. The SMILES string of the molecule is C=CCCCCC(CCCCC=C)OC(=O)CCCCCCC(=O)OCC(COC(=O)CCCCCCC(=O)OC(CCCCC=C)CCCCC=C)COC(=O)CCCN1CCCC1. The second kappa shape index (κ2) is 42.9. The van der Waals surface area contributed by atoms with Crippen LogP contribution in [0.15, 0.2) is 50.6 Å². The Bertz CT molecular complexity index is 1180. The zero-order valence-electron chi connectivity index (χ0n) is 40.8. The summed E-state index contributed by atoms with van der Waals surface area (Å²) in [7, 11) is 0. The van der Waals surface area contributed by atoms with Gasteiger partial charge in [0.05, 0.1) is 5.92 Å². The molecule has 0 atom stereocenters. The van der Waals surface area contributed by atoms with Gasteiger partial charge in [-0.15, -0.1) is 26.3 Å². The molecule has 0 radical (unpaired) electrons. The molecule has 11 nitrogen and oxygen atoms in total. The normalized spacial score (nSPS) is 12.6. The van der Waals surface area contributed by atoms with E-state index in [-0.39, 0.29) is 74.7 Å². The van der Waals surface area contributed by atoms with Crippen LogP contribution >= 0.6 is 0 Å². The summed E-state index contributed by atoms with van der Waals surface area (Å²) in [4.78, 5) is 65.5. The van der Waals surface area contributed by atoms with Crippen molar-refractivity contribution in [1.82, 2.24) is 4.90 Å². The summed E-state index contributed by atoms with van der Waals surface area (Å²) in [5.41, 5.74) is 0. The Morgan fingerprint density at radius 3 is 1.03 bits per heavy atom. The maximum absolute atomic E-state index is 12.7. The summed E-state index contributed by atoms with van der Waals surface area (Å²) < 4.78 is 28.4. The molecule has 65 heavy (non-hydrogen) atoms. The Balaban J connectivity index is 2.45. The molecule has 1 rings (SSSR count). The van der Waals surface area contributed by atoms with Crippen LogP contribution in [0.4, 0.5) is 0 Å². The van der Waals surface area contributed by atoms with Gasteiger partial charge < -0.3 is 28.6 Å². The molecule has 0 aromatic heterocycles. The van der Waals surface area contributed by atoms with Crippen molar-refractivity contribution in [2.45, 2.75) is 218 Å². The van der Waals surface area contributed by atoms with Crippen LogP contribution in [-0.2, 0) is 47.7 Å². The number of unbranched alkanes of at least 4 members (excludes halogenated alkanes) is 14. The van der Waals surface area contributed by atoms with Gasteiger partial charge in [0.15, 0.2) is 0 Å². The van der Waals surface area contributed by atoms with Crippen LogP contribution in [0.5, 0.6) is 0 Å². The predicted molar refractivity (Wildman–Crippen MR) is 261 cm³/mol.